The van der Waals surface area contributed by atoms with E-state index < -0.39 is 6.04 Å². The van der Waals surface area contributed by atoms with Gasteiger partial charge in [-0.25, -0.2) is 0 Å². The zero-order valence-corrected chi connectivity index (χ0v) is 17.9. The Morgan fingerprint density at radius 3 is 2.84 bits per heavy atom. The number of rotatable bonds is 8. The number of anilines is 1. The van der Waals surface area contributed by atoms with Gasteiger partial charge < -0.3 is 25.3 Å². The molecule has 2 aromatic carbocycles. The van der Waals surface area contributed by atoms with Crippen LogP contribution in [0.4, 0.5) is 5.69 Å². The van der Waals surface area contributed by atoms with E-state index in [1.807, 2.05) is 30.5 Å². The van der Waals surface area contributed by atoms with Crippen molar-refractivity contribution in [1.82, 2.24) is 15.2 Å². The summed E-state index contributed by atoms with van der Waals surface area (Å²) in [5, 5.41) is 9.46. The lowest BCUT2D eigenvalue weighted by molar-refractivity contribution is -0.121. The number of nitrogens with one attached hydrogen (secondary N) is 3. The van der Waals surface area contributed by atoms with Gasteiger partial charge in [0.25, 0.3) is 5.91 Å². The van der Waals surface area contributed by atoms with Gasteiger partial charge in [0.2, 0.25) is 11.8 Å². The van der Waals surface area contributed by atoms with Crippen LogP contribution in [0, 0.1) is 0 Å². The fourth-order valence-corrected chi connectivity index (χ4v) is 3.86. The SMILES string of the molecule is COc1ccc2c(ccn2CCCNC(=O)CC[C@@H]2NC(=O)c3ccccc3NC2=O)c1. The molecule has 8 heteroatoms. The van der Waals surface area contributed by atoms with E-state index in [0.29, 0.717) is 17.8 Å². The third-order valence-electron chi connectivity index (χ3n) is 5.59. The summed E-state index contributed by atoms with van der Waals surface area (Å²) in [5.74, 6) is 0.0500. The molecule has 0 fully saturated rings. The second-order valence-electron chi connectivity index (χ2n) is 7.74. The van der Waals surface area contributed by atoms with Gasteiger partial charge in [-0.2, -0.15) is 0 Å². The molecule has 1 atom stereocenters. The molecule has 1 aliphatic rings. The minimum absolute atomic E-state index is 0.143. The number of nitrogens with zero attached hydrogens (tertiary/aromatic N) is 1. The highest BCUT2D eigenvalue weighted by Gasteiger charge is 2.27. The minimum atomic E-state index is -0.746. The standard InChI is InChI=1S/C24H26N4O4/c1-32-17-7-9-21-16(15-17)11-14-28(21)13-4-12-25-22(29)10-8-20-24(31)26-19-6-3-2-5-18(19)23(30)27-20/h2-3,5-7,9,11,14-15,20H,4,8,10,12-13H2,1H3,(H,25,29)(H,26,31)(H,27,30)/t20-/m0/s1. The molecule has 0 saturated heterocycles. The Balaban J connectivity index is 1.22. The summed E-state index contributed by atoms with van der Waals surface area (Å²) < 4.78 is 7.40. The van der Waals surface area contributed by atoms with Crippen LogP contribution in [0.3, 0.4) is 0 Å². The van der Waals surface area contributed by atoms with E-state index in [2.05, 4.69) is 20.5 Å². The third kappa shape index (κ3) is 4.74. The molecule has 3 N–H and O–H groups in total. The highest BCUT2D eigenvalue weighted by molar-refractivity contribution is 6.09. The molecule has 3 aromatic rings. The Labute approximate surface area is 185 Å². The second-order valence-corrected chi connectivity index (χ2v) is 7.74. The van der Waals surface area contributed by atoms with Crippen LogP contribution in [-0.4, -0.2) is 42.0 Å². The van der Waals surface area contributed by atoms with Crippen LogP contribution in [0.2, 0.25) is 0 Å². The molecule has 166 valence electrons. The predicted octanol–water partition coefficient (Wildman–Crippen LogP) is 2.69. The Kier molecular flexibility index (Phi) is 6.39. The van der Waals surface area contributed by atoms with Crippen molar-refractivity contribution in [3.05, 3.63) is 60.3 Å². The molecule has 0 bridgehead atoms. The lowest BCUT2D eigenvalue weighted by Gasteiger charge is -2.14. The highest BCUT2D eigenvalue weighted by atomic mass is 16.5. The van der Waals surface area contributed by atoms with Gasteiger partial charge >= 0.3 is 0 Å². The van der Waals surface area contributed by atoms with Crippen molar-refractivity contribution in [1.29, 1.82) is 0 Å². The van der Waals surface area contributed by atoms with E-state index in [1.165, 1.54) is 0 Å². The molecule has 0 saturated carbocycles. The number of amides is 3. The average Bonchev–Trinajstić information content (AvgIpc) is 3.16. The van der Waals surface area contributed by atoms with E-state index in [1.54, 1.807) is 31.4 Å². The van der Waals surface area contributed by atoms with Crippen molar-refractivity contribution in [3.8, 4) is 5.75 Å². The first kappa shape index (κ1) is 21.4. The number of fused-ring (bicyclic) bond motifs is 2. The summed E-state index contributed by atoms with van der Waals surface area (Å²) in [5.41, 5.74) is 2.02. The highest BCUT2D eigenvalue weighted by Crippen LogP contribution is 2.22. The van der Waals surface area contributed by atoms with Crippen molar-refractivity contribution in [2.75, 3.05) is 19.0 Å². The van der Waals surface area contributed by atoms with Crippen LogP contribution in [0.1, 0.15) is 29.6 Å². The van der Waals surface area contributed by atoms with Crippen LogP contribution in [0.15, 0.2) is 54.7 Å². The fraction of sp³-hybridized carbons (Fsp3) is 0.292. The average molecular weight is 434 g/mol. The topological polar surface area (TPSA) is 101 Å². The normalized spacial score (nSPS) is 15.5. The Morgan fingerprint density at radius 2 is 2.00 bits per heavy atom. The van der Waals surface area contributed by atoms with Gasteiger partial charge in [-0.3, -0.25) is 14.4 Å². The lowest BCUT2D eigenvalue weighted by Crippen LogP contribution is -2.42. The van der Waals surface area contributed by atoms with Gasteiger partial charge in [0.15, 0.2) is 0 Å². The van der Waals surface area contributed by atoms with Crippen LogP contribution < -0.4 is 20.7 Å². The summed E-state index contributed by atoms with van der Waals surface area (Å²) in [6, 6.07) is 14.1. The number of aromatic nitrogens is 1. The predicted molar refractivity (Wildman–Crippen MR) is 122 cm³/mol. The van der Waals surface area contributed by atoms with Crippen molar-refractivity contribution in [2.45, 2.75) is 31.8 Å². The first-order valence-corrected chi connectivity index (χ1v) is 10.7. The van der Waals surface area contributed by atoms with Crippen LogP contribution in [0.5, 0.6) is 5.75 Å². The van der Waals surface area contributed by atoms with Crippen LogP contribution in [0.25, 0.3) is 10.9 Å². The maximum Gasteiger partial charge on any atom is 0.254 e. The quantitative estimate of drug-likeness (QED) is 0.475. The van der Waals surface area contributed by atoms with Crippen molar-refractivity contribution >= 4 is 34.3 Å². The molecule has 4 rings (SSSR count). The Hall–Kier alpha value is -3.81. The molecule has 32 heavy (non-hydrogen) atoms. The summed E-state index contributed by atoms with van der Waals surface area (Å²) >= 11 is 0. The molecule has 0 spiro atoms. The molecule has 0 radical (unpaired) electrons. The van der Waals surface area contributed by atoms with Crippen molar-refractivity contribution in [2.24, 2.45) is 0 Å². The van der Waals surface area contributed by atoms with E-state index in [0.717, 1.165) is 29.6 Å². The van der Waals surface area contributed by atoms with E-state index >= 15 is 0 Å². The zero-order valence-electron chi connectivity index (χ0n) is 17.9. The van der Waals surface area contributed by atoms with Crippen molar-refractivity contribution in [3.63, 3.8) is 0 Å². The van der Waals surface area contributed by atoms with Gasteiger partial charge in [0.1, 0.15) is 11.8 Å². The van der Waals surface area contributed by atoms with Gasteiger partial charge in [0, 0.05) is 36.6 Å². The van der Waals surface area contributed by atoms with E-state index in [9.17, 15) is 14.4 Å². The fourth-order valence-electron chi connectivity index (χ4n) is 3.86. The number of benzene rings is 2. The minimum Gasteiger partial charge on any atom is -0.497 e. The van der Waals surface area contributed by atoms with Gasteiger partial charge in [0.05, 0.1) is 18.4 Å². The second kappa shape index (κ2) is 9.55. The molecule has 8 nitrogen and oxygen atoms in total. The number of aryl methyl sites for hydroxylation is 1. The van der Waals surface area contributed by atoms with Gasteiger partial charge in [-0.05, 0) is 49.2 Å². The van der Waals surface area contributed by atoms with Crippen molar-refractivity contribution < 1.29 is 19.1 Å². The number of methoxy groups -OCH3 is 1. The number of carbonyl (C=O) groups is 3. The largest absolute Gasteiger partial charge is 0.497 e. The molecule has 1 aliphatic heterocycles. The monoisotopic (exact) mass is 434 g/mol. The van der Waals surface area contributed by atoms with Gasteiger partial charge in [-0.15, -0.1) is 0 Å². The maximum absolute atomic E-state index is 12.4. The number of carbonyl (C=O) groups excluding carboxylic acids is 3. The summed E-state index contributed by atoms with van der Waals surface area (Å²) in [6.07, 6.45) is 3.19. The molecular weight excluding hydrogens is 408 g/mol. The number of hydrogen-bond donors (Lipinski definition) is 3. The summed E-state index contributed by atoms with van der Waals surface area (Å²) in [6.45, 7) is 1.30. The lowest BCUT2D eigenvalue weighted by atomic mass is 10.1. The van der Waals surface area contributed by atoms with Gasteiger partial charge in [-0.1, -0.05) is 12.1 Å². The maximum atomic E-state index is 12.4. The molecular formula is C24H26N4O4. The number of hydrogen-bond acceptors (Lipinski definition) is 4. The molecule has 0 aliphatic carbocycles. The van der Waals surface area contributed by atoms with E-state index in [-0.39, 0.29) is 30.6 Å². The molecule has 3 amide bonds. The molecule has 1 aromatic heterocycles. The number of para-hydroxylation sites is 1. The zero-order chi connectivity index (χ0) is 22.5. The summed E-state index contributed by atoms with van der Waals surface area (Å²) in [4.78, 5) is 37.0. The Morgan fingerprint density at radius 1 is 1.16 bits per heavy atom. The number of ether oxygens (including phenoxy) is 1. The molecule has 2 heterocycles. The van der Waals surface area contributed by atoms with Crippen LogP contribution in [-0.2, 0) is 16.1 Å². The molecule has 0 unspecified atom stereocenters. The summed E-state index contributed by atoms with van der Waals surface area (Å²) in [7, 11) is 1.65. The smallest absolute Gasteiger partial charge is 0.254 e. The Bertz CT molecular complexity index is 1150. The van der Waals surface area contributed by atoms with E-state index in [4.69, 9.17) is 4.74 Å². The van der Waals surface area contributed by atoms with Crippen LogP contribution >= 0.6 is 0 Å². The first-order valence-electron chi connectivity index (χ1n) is 10.7. The third-order valence-corrected chi connectivity index (χ3v) is 5.59. The first-order chi connectivity index (χ1) is 15.5.